The molecule has 0 bridgehead atoms. The first-order valence-electron chi connectivity index (χ1n) is 12.5. The molecule has 4 aliphatic carbocycles. The van der Waals surface area contributed by atoms with Crippen LogP contribution in [0.4, 0.5) is 0 Å². The molecule has 0 spiro atoms. The molecule has 0 aromatic rings. The van der Waals surface area contributed by atoms with Gasteiger partial charge >= 0.3 is 5.97 Å². The molecule has 4 fully saturated rings. The van der Waals surface area contributed by atoms with Gasteiger partial charge in [-0.05, 0) is 97.9 Å². The van der Waals surface area contributed by atoms with E-state index in [0.29, 0.717) is 47.2 Å². The zero-order valence-corrected chi connectivity index (χ0v) is 19.8. The minimum absolute atomic E-state index is 0.0956. The number of carbonyl (C=O) groups is 2. The van der Waals surface area contributed by atoms with E-state index >= 15 is 0 Å². The summed E-state index contributed by atoms with van der Waals surface area (Å²) < 4.78 is 4.88. The van der Waals surface area contributed by atoms with Gasteiger partial charge in [-0.15, -0.1) is 0 Å². The van der Waals surface area contributed by atoms with Crippen molar-refractivity contribution in [1.29, 1.82) is 0 Å². The van der Waals surface area contributed by atoms with E-state index in [4.69, 9.17) is 4.74 Å². The summed E-state index contributed by atoms with van der Waals surface area (Å²) in [7, 11) is 1.48. The first-order valence-corrected chi connectivity index (χ1v) is 12.5. The van der Waals surface area contributed by atoms with Gasteiger partial charge in [0.1, 0.15) is 0 Å². The molecule has 0 aromatic heterocycles. The minimum Gasteiger partial charge on any atom is -0.469 e. The quantitative estimate of drug-likeness (QED) is 0.397. The van der Waals surface area contributed by atoms with Crippen molar-refractivity contribution >= 4 is 11.8 Å². The normalized spacial score (nSPS) is 45.4. The number of ketones is 1. The molecule has 0 radical (unpaired) electrons. The first kappa shape index (κ1) is 22.1. The Hall–Kier alpha value is -1.12. The fourth-order valence-electron chi connectivity index (χ4n) is 8.89. The summed E-state index contributed by atoms with van der Waals surface area (Å²) in [5, 5.41) is 0. The SMILES string of the molecule is C/C=C1\C(=O)C2C3CCC([C@H](C)CCC(=O)OC)[C@@]3(C)CCC2[C@@]2(C)CCCC[C@@H]12. The van der Waals surface area contributed by atoms with E-state index in [0.717, 1.165) is 6.42 Å². The van der Waals surface area contributed by atoms with Crippen molar-refractivity contribution in [2.75, 3.05) is 7.11 Å². The van der Waals surface area contributed by atoms with Crippen LogP contribution in [0.1, 0.15) is 91.9 Å². The molecule has 3 nitrogen and oxygen atoms in total. The predicted molar refractivity (Wildman–Crippen MR) is 120 cm³/mol. The molecule has 4 saturated carbocycles. The van der Waals surface area contributed by atoms with Gasteiger partial charge in [-0.2, -0.15) is 0 Å². The Morgan fingerprint density at radius 1 is 1.10 bits per heavy atom. The molecular formula is C27H42O3. The largest absolute Gasteiger partial charge is 0.469 e. The number of Topliss-reactive ketones (excluding diaryl/α,β-unsaturated/α-hetero) is 1. The molecule has 8 atom stereocenters. The van der Waals surface area contributed by atoms with Crippen molar-refractivity contribution in [3.63, 3.8) is 0 Å². The summed E-state index contributed by atoms with van der Waals surface area (Å²) in [6, 6.07) is 0. The van der Waals surface area contributed by atoms with E-state index < -0.39 is 0 Å². The Bertz CT molecular complexity index is 724. The zero-order valence-electron chi connectivity index (χ0n) is 19.8. The van der Waals surface area contributed by atoms with Gasteiger partial charge in [0.25, 0.3) is 0 Å². The van der Waals surface area contributed by atoms with Crippen LogP contribution in [0.15, 0.2) is 11.6 Å². The number of rotatable bonds is 4. The van der Waals surface area contributed by atoms with Crippen molar-refractivity contribution < 1.29 is 14.3 Å². The highest BCUT2D eigenvalue weighted by molar-refractivity contribution is 5.99. The average Bonchev–Trinajstić information content (AvgIpc) is 3.09. The Morgan fingerprint density at radius 2 is 1.83 bits per heavy atom. The molecule has 0 amide bonds. The standard InChI is InChI=1S/C27H42O3/c1-6-18-20-9-7-8-15-26(20,3)22-14-16-27(4)19(17(2)10-13-23(28)30-5)11-12-21(27)24(22)25(18)29/h6,17,19-22,24H,7-16H2,1-5H3/b18-6-/t17-,19?,20+,21?,22?,24?,26+,27-/m1/s1. The summed E-state index contributed by atoms with van der Waals surface area (Å²) in [6.45, 7) is 9.43. The van der Waals surface area contributed by atoms with Gasteiger partial charge in [0.05, 0.1) is 7.11 Å². The lowest BCUT2D eigenvalue weighted by Crippen LogP contribution is -2.57. The van der Waals surface area contributed by atoms with Gasteiger partial charge in [0.2, 0.25) is 0 Å². The fraction of sp³-hybridized carbons (Fsp3) is 0.852. The van der Waals surface area contributed by atoms with Crippen LogP contribution in [0.5, 0.6) is 0 Å². The van der Waals surface area contributed by atoms with Gasteiger partial charge in [-0.25, -0.2) is 0 Å². The number of fused-ring (bicyclic) bond motifs is 5. The molecule has 0 N–H and O–H groups in total. The van der Waals surface area contributed by atoms with Crippen molar-refractivity contribution in [1.82, 2.24) is 0 Å². The Balaban J connectivity index is 1.61. The van der Waals surface area contributed by atoms with Gasteiger partial charge in [0.15, 0.2) is 5.78 Å². The maximum Gasteiger partial charge on any atom is 0.305 e. The van der Waals surface area contributed by atoms with Crippen LogP contribution >= 0.6 is 0 Å². The molecule has 168 valence electrons. The van der Waals surface area contributed by atoms with E-state index in [1.807, 2.05) is 0 Å². The summed E-state index contributed by atoms with van der Waals surface area (Å²) in [5.74, 6) is 3.34. The fourth-order valence-corrected chi connectivity index (χ4v) is 8.89. The molecular weight excluding hydrogens is 372 g/mol. The van der Waals surface area contributed by atoms with Crippen molar-refractivity contribution in [2.45, 2.75) is 91.9 Å². The van der Waals surface area contributed by atoms with Crippen LogP contribution in [-0.4, -0.2) is 18.9 Å². The zero-order chi connectivity index (χ0) is 21.7. The van der Waals surface area contributed by atoms with Gasteiger partial charge in [-0.3, -0.25) is 9.59 Å². The smallest absolute Gasteiger partial charge is 0.305 e. The molecule has 30 heavy (non-hydrogen) atoms. The Kier molecular flexibility index (Phi) is 5.96. The highest BCUT2D eigenvalue weighted by Gasteiger charge is 2.63. The minimum atomic E-state index is -0.0956. The summed E-state index contributed by atoms with van der Waals surface area (Å²) >= 11 is 0. The average molecular weight is 415 g/mol. The van der Waals surface area contributed by atoms with Gasteiger partial charge < -0.3 is 4.74 Å². The second-order valence-electron chi connectivity index (χ2n) is 11.5. The summed E-state index contributed by atoms with van der Waals surface area (Å²) in [6.07, 6.45) is 13.6. The number of hydrogen-bond donors (Lipinski definition) is 0. The van der Waals surface area contributed by atoms with Crippen LogP contribution < -0.4 is 0 Å². The van der Waals surface area contributed by atoms with Crippen molar-refractivity contribution in [2.24, 2.45) is 46.3 Å². The van der Waals surface area contributed by atoms with Crippen LogP contribution in [0.3, 0.4) is 0 Å². The molecule has 4 unspecified atom stereocenters. The van der Waals surface area contributed by atoms with E-state index in [1.54, 1.807) is 0 Å². The molecule has 4 aliphatic rings. The topological polar surface area (TPSA) is 43.4 Å². The highest BCUT2D eigenvalue weighted by atomic mass is 16.5. The first-order chi connectivity index (χ1) is 14.3. The van der Waals surface area contributed by atoms with E-state index in [2.05, 4.69) is 33.8 Å². The monoisotopic (exact) mass is 414 g/mol. The maximum absolute atomic E-state index is 13.9. The third-order valence-corrected chi connectivity index (χ3v) is 10.4. The van der Waals surface area contributed by atoms with E-state index in [1.165, 1.54) is 64.0 Å². The Labute approximate surface area is 183 Å². The van der Waals surface area contributed by atoms with Crippen LogP contribution in [-0.2, 0) is 14.3 Å². The molecule has 0 aromatic carbocycles. The summed E-state index contributed by atoms with van der Waals surface area (Å²) in [4.78, 5) is 25.6. The second kappa shape index (κ2) is 8.10. The van der Waals surface area contributed by atoms with Crippen molar-refractivity contribution in [3.05, 3.63) is 11.6 Å². The van der Waals surface area contributed by atoms with Crippen LogP contribution in [0, 0.1) is 46.3 Å². The van der Waals surface area contributed by atoms with E-state index in [9.17, 15) is 9.59 Å². The second-order valence-corrected chi connectivity index (χ2v) is 11.5. The third kappa shape index (κ3) is 3.21. The van der Waals surface area contributed by atoms with Crippen molar-refractivity contribution in [3.8, 4) is 0 Å². The molecule has 0 saturated heterocycles. The number of carbonyl (C=O) groups excluding carboxylic acids is 2. The van der Waals surface area contributed by atoms with Crippen LogP contribution in [0.2, 0.25) is 0 Å². The molecule has 3 heteroatoms. The maximum atomic E-state index is 13.9. The Morgan fingerprint density at radius 3 is 2.53 bits per heavy atom. The predicted octanol–water partition coefficient (Wildman–Crippen LogP) is 6.36. The number of esters is 1. The van der Waals surface area contributed by atoms with Gasteiger partial charge in [-0.1, -0.05) is 39.7 Å². The van der Waals surface area contributed by atoms with Crippen LogP contribution in [0.25, 0.3) is 0 Å². The molecule has 4 rings (SSSR count). The lowest BCUT2D eigenvalue weighted by Gasteiger charge is -2.60. The third-order valence-electron chi connectivity index (χ3n) is 10.4. The highest BCUT2D eigenvalue weighted by Crippen LogP contribution is 2.68. The molecule has 0 aliphatic heterocycles. The van der Waals surface area contributed by atoms with Gasteiger partial charge in [0, 0.05) is 12.3 Å². The number of hydrogen-bond acceptors (Lipinski definition) is 3. The lowest BCUT2D eigenvalue weighted by atomic mass is 9.43. The molecule has 0 heterocycles. The van der Waals surface area contributed by atoms with E-state index in [-0.39, 0.29) is 17.3 Å². The lowest BCUT2D eigenvalue weighted by molar-refractivity contribution is -0.146. The number of methoxy groups -OCH3 is 1. The number of allylic oxidation sites excluding steroid dienone is 2. The number of ether oxygens (including phenoxy) is 1. The summed E-state index contributed by atoms with van der Waals surface area (Å²) in [5.41, 5.74) is 1.72.